The molecule has 1 saturated heterocycles. The third-order valence-corrected chi connectivity index (χ3v) is 5.21. The van der Waals surface area contributed by atoms with Crippen LogP contribution in [0.25, 0.3) is 10.8 Å². The first-order valence-corrected chi connectivity index (χ1v) is 9.29. The molecule has 1 heterocycles. The number of fused-ring (bicyclic) bond motifs is 1. The second-order valence-corrected chi connectivity index (χ2v) is 7.17. The molecule has 0 aromatic heterocycles. The van der Waals surface area contributed by atoms with Gasteiger partial charge >= 0.3 is 0 Å². The molecule has 0 radical (unpaired) electrons. The first kappa shape index (κ1) is 17.9. The second kappa shape index (κ2) is 8.45. The van der Waals surface area contributed by atoms with Crippen LogP contribution in [0.1, 0.15) is 18.9 Å². The summed E-state index contributed by atoms with van der Waals surface area (Å²) >= 11 is 0. The molecule has 3 rings (SSSR count). The van der Waals surface area contributed by atoms with Crippen LogP contribution in [0.3, 0.4) is 0 Å². The maximum Gasteiger partial charge on any atom is 0.220 e. The summed E-state index contributed by atoms with van der Waals surface area (Å²) in [6.07, 6.45) is 1.34. The van der Waals surface area contributed by atoms with Crippen molar-refractivity contribution in [2.45, 2.75) is 25.8 Å². The molecule has 1 aliphatic rings. The zero-order chi connectivity index (χ0) is 17.6. The van der Waals surface area contributed by atoms with Gasteiger partial charge in [-0.15, -0.1) is 0 Å². The largest absolute Gasteiger partial charge is 0.355 e. The number of likely N-dealkylation sites (N-methyl/N-ethyl adjacent to an activating group) is 1. The molecule has 2 aromatic carbocycles. The Morgan fingerprint density at radius 3 is 2.56 bits per heavy atom. The average Bonchev–Trinajstić information content (AvgIpc) is 2.65. The normalized spacial score (nSPS) is 17.5. The van der Waals surface area contributed by atoms with Gasteiger partial charge in [0, 0.05) is 45.2 Å². The number of rotatable bonds is 6. The Morgan fingerprint density at radius 2 is 1.80 bits per heavy atom. The summed E-state index contributed by atoms with van der Waals surface area (Å²) in [6.45, 7) is 7.34. The van der Waals surface area contributed by atoms with Crippen LogP contribution in [0.15, 0.2) is 42.5 Å². The van der Waals surface area contributed by atoms with E-state index in [1.165, 1.54) is 16.3 Å². The molecule has 1 unspecified atom stereocenters. The minimum atomic E-state index is 0.147. The molecule has 1 N–H and O–H groups in total. The zero-order valence-electron chi connectivity index (χ0n) is 15.4. The summed E-state index contributed by atoms with van der Waals surface area (Å²) in [7, 11) is 2.16. The van der Waals surface area contributed by atoms with Crippen LogP contribution in [0.5, 0.6) is 0 Å². The van der Waals surface area contributed by atoms with E-state index in [1.807, 2.05) is 0 Å². The van der Waals surface area contributed by atoms with Crippen LogP contribution < -0.4 is 5.32 Å². The van der Waals surface area contributed by atoms with Crippen molar-refractivity contribution in [3.63, 3.8) is 0 Å². The maximum absolute atomic E-state index is 12.2. The molecule has 1 amide bonds. The number of nitrogens with one attached hydrogen (secondary N) is 1. The van der Waals surface area contributed by atoms with E-state index < -0.39 is 0 Å². The molecular weight excluding hydrogens is 310 g/mol. The molecule has 4 heteroatoms. The summed E-state index contributed by atoms with van der Waals surface area (Å²) in [5.41, 5.74) is 1.22. The summed E-state index contributed by atoms with van der Waals surface area (Å²) in [5, 5.41) is 5.59. The van der Waals surface area contributed by atoms with E-state index in [9.17, 15) is 4.79 Å². The van der Waals surface area contributed by atoms with Crippen LogP contribution in [0, 0.1) is 0 Å². The van der Waals surface area contributed by atoms with Crippen molar-refractivity contribution in [1.82, 2.24) is 15.1 Å². The Balaban J connectivity index is 1.42. The highest BCUT2D eigenvalue weighted by Crippen LogP contribution is 2.16. The van der Waals surface area contributed by atoms with Crippen LogP contribution in [0.2, 0.25) is 0 Å². The molecule has 2 aromatic rings. The third kappa shape index (κ3) is 5.03. The van der Waals surface area contributed by atoms with Crippen molar-refractivity contribution in [2.24, 2.45) is 0 Å². The highest BCUT2D eigenvalue weighted by Gasteiger charge is 2.19. The molecule has 1 fully saturated rings. The molecule has 0 aliphatic carbocycles. The molecule has 25 heavy (non-hydrogen) atoms. The van der Waals surface area contributed by atoms with Crippen molar-refractivity contribution < 1.29 is 4.79 Å². The summed E-state index contributed by atoms with van der Waals surface area (Å²) < 4.78 is 0. The fourth-order valence-electron chi connectivity index (χ4n) is 3.39. The summed E-state index contributed by atoms with van der Waals surface area (Å²) in [5.74, 6) is 0.147. The van der Waals surface area contributed by atoms with Crippen molar-refractivity contribution in [1.29, 1.82) is 0 Å². The monoisotopic (exact) mass is 339 g/mol. The van der Waals surface area contributed by atoms with E-state index in [0.717, 1.165) is 39.1 Å². The van der Waals surface area contributed by atoms with Gasteiger partial charge in [-0.05, 0) is 36.7 Å². The van der Waals surface area contributed by atoms with Crippen molar-refractivity contribution in [3.05, 3.63) is 48.0 Å². The van der Waals surface area contributed by atoms with E-state index >= 15 is 0 Å². The number of amides is 1. The van der Waals surface area contributed by atoms with Gasteiger partial charge in [-0.3, -0.25) is 9.69 Å². The van der Waals surface area contributed by atoms with Crippen molar-refractivity contribution >= 4 is 16.7 Å². The van der Waals surface area contributed by atoms with Gasteiger partial charge in [0.15, 0.2) is 0 Å². The molecule has 1 aliphatic heterocycles. The molecule has 134 valence electrons. The van der Waals surface area contributed by atoms with Gasteiger partial charge in [-0.2, -0.15) is 0 Å². The maximum atomic E-state index is 12.2. The predicted octanol–water partition coefficient (Wildman–Crippen LogP) is 2.52. The number of aryl methyl sites for hydroxylation is 1. The Bertz CT molecular complexity index is 707. The summed E-state index contributed by atoms with van der Waals surface area (Å²) in [4.78, 5) is 17.0. The Morgan fingerprint density at radius 1 is 1.08 bits per heavy atom. The molecule has 4 nitrogen and oxygen atoms in total. The first-order chi connectivity index (χ1) is 12.1. The molecule has 1 atom stereocenters. The second-order valence-electron chi connectivity index (χ2n) is 7.17. The van der Waals surface area contributed by atoms with Gasteiger partial charge < -0.3 is 10.2 Å². The van der Waals surface area contributed by atoms with E-state index in [4.69, 9.17) is 0 Å². The lowest BCUT2D eigenvalue weighted by Gasteiger charge is -2.36. The first-order valence-electron chi connectivity index (χ1n) is 9.29. The molecule has 0 spiro atoms. The highest BCUT2D eigenvalue weighted by atomic mass is 16.1. The number of benzene rings is 2. The molecular formula is C21H29N3O. The quantitative estimate of drug-likeness (QED) is 0.878. The number of hydrogen-bond donors (Lipinski definition) is 1. The van der Waals surface area contributed by atoms with E-state index in [2.05, 4.69) is 71.6 Å². The summed E-state index contributed by atoms with van der Waals surface area (Å²) in [6, 6.07) is 15.2. The highest BCUT2D eigenvalue weighted by molar-refractivity contribution is 5.83. The van der Waals surface area contributed by atoms with Crippen LogP contribution in [-0.4, -0.2) is 61.5 Å². The number of carbonyl (C=O) groups excluding carboxylic acids is 1. The molecule has 0 saturated carbocycles. The minimum Gasteiger partial charge on any atom is -0.355 e. The Kier molecular flexibility index (Phi) is 6.05. The van der Waals surface area contributed by atoms with Gasteiger partial charge in [-0.25, -0.2) is 0 Å². The molecule has 0 bridgehead atoms. The van der Waals surface area contributed by atoms with Gasteiger partial charge in [0.05, 0.1) is 0 Å². The minimum absolute atomic E-state index is 0.147. The van der Waals surface area contributed by atoms with Crippen LogP contribution in [0.4, 0.5) is 0 Å². The fourth-order valence-corrected chi connectivity index (χ4v) is 3.39. The number of carbonyl (C=O) groups is 1. The predicted molar refractivity (Wildman–Crippen MR) is 104 cm³/mol. The van der Waals surface area contributed by atoms with Gasteiger partial charge in [0.25, 0.3) is 0 Å². The third-order valence-electron chi connectivity index (χ3n) is 5.21. The number of nitrogens with zero attached hydrogens (tertiary/aromatic N) is 2. The lowest BCUT2D eigenvalue weighted by atomic mass is 10.0. The van der Waals surface area contributed by atoms with Crippen molar-refractivity contribution in [2.75, 3.05) is 39.8 Å². The van der Waals surface area contributed by atoms with Crippen molar-refractivity contribution in [3.8, 4) is 0 Å². The lowest BCUT2D eigenvalue weighted by molar-refractivity contribution is -0.121. The smallest absolute Gasteiger partial charge is 0.220 e. The Hall–Kier alpha value is -1.91. The van der Waals surface area contributed by atoms with Crippen LogP contribution in [-0.2, 0) is 11.2 Å². The van der Waals surface area contributed by atoms with E-state index in [-0.39, 0.29) is 5.91 Å². The van der Waals surface area contributed by atoms with Gasteiger partial charge in [0.1, 0.15) is 0 Å². The SMILES string of the molecule is CC(CNC(=O)CCc1ccc2ccccc2c1)N1CCN(C)CC1. The van der Waals surface area contributed by atoms with E-state index in [1.54, 1.807) is 0 Å². The number of hydrogen-bond acceptors (Lipinski definition) is 3. The average molecular weight is 339 g/mol. The zero-order valence-corrected chi connectivity index (χ0v) is 15.4. The topological polar surface area (TPSA) is 35.6 Å². The van der Waals surface area contributed by atoms with E-state index in [0.29, 0.717) is 12.5 Å². The fraction of sp³-hybridized carbons (Fsp3) is 0.476. The lowest BCUT2D eigenvalue weighted by Crippen LogP contribution is -2.51. The van der Waals surface area contributed by atoms with Crippen LogP contribution >= 0.6 is 0 Å². The number of piperazine rings is 1. The standard InChI is InChI=1S/C21H29N3O/c1-17(24-13-11-23(2)12-14-24)16-22-21(25)10-8-18-7-9-19-5-3-4-6-20(19)15-18/h3-7,9,15,17H,8,10-14,16H2,1-2H3,(H,22,25). The van der Waals surface area contributed by atoms with Gasteiger partial charge in [-0.1, -0.05) is 42.5 Å². The Labute approximate surface area is 150 Å². The van der Waals surface area contributed by atoms with Gasteiger partial charge in [0.2, 0.25) is 5.91 Å².